The third-order valence-corrected chi connectivity index (χ3v) is 5.74. The number of hydrogen-bond acceptors (Lipinski definition) is 4. The van der Waals surface area contributed by atoms with Gasteiger partial charge in [-0.2, -0.15) is 0 Å². The Morgan fingerprint density at radius 1 is 1.12 bits per heavy atom. The molecule has 8 heteroatoms. The number of nitrogens with one attached hydrogen (secondary N) is 1. The molecule has 132 valence electrons. The van der Waals surface area contributed by atoms with Crippen LogP contribution in [0.25, 0.3) is 0 Å². The van der Waals surface area contributed by atoms with Gasteiger partial charge in [-0.25, -0.2) is 13.1 Å². The second kappa shape index (κ2) is 7.03. The minimum Gasteiger partial charge on any atom is -0.497 e. The van der Waals surface area contributed by atoms with Gasteiger partial charge >= 0.3 is 0 Å². The maximum absolute atomic E-state index is 12.4. The first-order valence-electron chi connectivity index (χ1n) is 7.61. The summed E-state index contributed by atoms with van der Waals surface area (Å²) in [6.45, 7) is 0.276. The van der Waals surface area contributed by atoms with Gasteiger partial charge in [0.25, 0.3) is 0 Å². The molecular weight excluding hydrogens is 364 g/mol. The van der Waals surface area contributed by atoms with E-state index in [1.165, 1.54) is 24.3 Å². The second-order valence-electron chi connectivity index (χ2n) is 5.68. The van der Waals surface area contributed by atoms with E-state index in [9.17, 15) is 13.2 Å². The molecule has 6 nitrogen and oxygen atoms in total. The lowest BCUT2D eigenvalue weighted by Crippen LogP contribution is -2.37. The molecule has 1 saturated heterocycles. The van der Waals surface area contributed by atoms with Crippen LogP contribution in [0.4, 0.5) is 5.69 Å². The van der Waals surface area contributed by atoms with Crippen molar-refractivity contribution in [2.45, 2.75) is 17.4 Å². The summed E-state index contributed by atoms with van der Waals surface area (Å²) in [6.07, 6.45) is 0.110. The number of amides is 1. The van der Waals surface area contributed by atoms with Gasteiger partial charge in [0, 0.05) is 29.7 Å². The second-order valence-corrected chi connectivity index (χ2v) is 7.83. The molecule has 1 aliphatic heterocycles. The maximum Gasteiger partial charge on any atom is 0.240 e. The highest BCUT2D eigenvalue weighted by Gasteiger charge is 2.33. The summed E-state index contributed by atoms with van der Waals surface area (Å²) < 4.78 is 32.5. The van der Waals surface area contributed by atoms with Crippen molar-refractivity contribution in [3.05, 3.63) is 53.6 Å². The summed E-state index contributed by atoms with van der Waals surface area (Å²) in [5, 5.41) is 0.459. The number of carbonyl (C=O) groups is 1. The van der Waals surface area contributed by atoms with Crippen LogP contribution in [-0.2, 0) is 14.8 Å². The molecule has 2 aromatic rings. The van der Waals surface area contributed by atoms with Crippen LogP contribution in [0, 0.1) is 0 Å². The number of carbonyl (C=O) groups excluding carboxylic acids is 1. The van der Waals surface area contributed by atoms with Gasteiger partial charge in [0.2, 0.25) is 15.9 Å². The standard InChI is InChI=1S/C17H17ClN2O4S/c1-24-15-6-4-14(5-7-15)20-11-13(10-17(20)21)19-25(22,23)16-8-2-12(18)3-9-16/h2-9,13,19H,10-11H2,1H3. The highest BCUT2D eigenvalue weighted by atomic mass is 35.5. The predicted molar refractivity (Wildman–Crippen MR) is 95.5 cm³/mol. The highest BCUT2D eigenvalue weighted by Crippen LogP contribution is 2.25. The summed E-state index contributed by atoms with van der Waals surface area (Å²) in [5.74, 6) is 0.560. The van der Waals surface area contributed by atoms with Gasteiger partial charge in [-0.3, -0.25) is 4.79 Å². The van der Waals surface area contributed by atoms with Crippen molar-refractivity contribution in [2.24, 2.45) is 0 Å². The zero-order valence-corrected chi connectivity index (χ0v) is 15.0. The van der Waals surface area contributed by atoms with Crippen molar-refractivity contribution in [1.29, 1.82) is 0 Å². The molecule has 0 spiro atoms. The zero-order valence-electron chi connectivity index (χ0n) is 13.5. The Hall–Kier alpha value is -2.09. The summed E-state index contributed by atoms with van der Waals surface area (Å²) >= 11 is 5.78. The fourth-order valence-corrected chi connectivity index (χ4v) is 4.05. The molecular formula is C17H17ClN2O4S. The summed E-state index contributed by atoms with van der Waals surface area (Å²) in [6, 6.07) is 12.5. The van der Waals surface area contributed by atoms with Gasteiger partial charge in [0.05, 0.1) is 12.0 Å². The van der Waals surface area contributed by atoms with E-state index in [0.717, 1.165) is 0 Å². The Morgan fingerprint density at radius 2 is 1.76 bits per heavy atom. The van der Waals surface area contributed by atoms with E-state index in [1.807, 2.05) is 0 Å². The number of nitrogens with zero attached hydrogens (tertiary/aromatic N) is 1. The van der Waals surface area contributed by atoms with Crippen LogP contribution < -0.4 is 14.4 Å². The SMILES string of the molecule is COc1ccc(N2CC(NS(=O)(=O)c3ccc(Cl)cc3)CC2=O)cc1. The van der Waals surface area contributed by atoms with Gasteiger partial charge in [0.1, 0.15) is 5.75 Å². The van der Waals surface area contributed by atoms with E-state index in [1.54, 1.807) is 36.3 Å². The Kier molecular flexibility index (Phi) is 4.99. The molecule has 1 unspecified atom stereocenters. The van der Waals surface area contributed by atoms with E-state index in [-0.39, 0.29) is 23.8 Å². The summed E-state index contributed by atoms with van der Waals surface area (Å²) in [5.41, 5.74) is 0.707. The van der Waals surface area contributed by atoms with Crippen molar-refractivity contribution in [3.8, 4) is 5.75 Å². The topological polar surface area (TPSA) is 75.7 Å². The van der Waals surface area contributed by atoms with Gasteiger partial charge in [-0.1, -0.05) is 11.6 Å². The summed E-state index contributed by atoms with van der Waals surface area (Å²) in [7, 11) is -2.14. The molecule has 25 heavy (non-hydrogen) atoms. The minimum atomic E-state index is -3.71. The van der Waals surface area contributed by atoms with Crippen LogP contribution in [0.2, 0.25) is 5.02 Å². The van der Waals surface area contributed by atoms with E-state index >= 15 is 0 Å². The molecule has 2 aromatic carbocycles. The largest absolute Gasteiger partial charge is 0.497 e. The predicted octanol–water partition coefficient (Wildman–Crippen LogP) is 2.43. The molecule has 0 saturated carbocycles. The normalized spacial score (nSPS) is 17.8. The molecule has 1 fully saturated rings. The third kappa shape index (κ3) is 3.95. The number of benzene rings is 2. The van der Waals surface area contributed by atoms with Crippen LogP contribution in [0.1, 0.15) is 6.42 Å². The summed E-state index contributed by atoms with van der Waals surface area (Å²) in [4.78, 5) is 13.9. The van der Waals surface area contributed by atoms with E-state index in [4.69, 9.17) is 16.3 Å². The number of rotatable bonds is 5. The first-order chi connectivity index (χ1) is 11.9. The number of anilines is 1. The van der Waals surface area contributed by atoms with Crippen LogP contribution in [0.15, 0.2) is 53.4 Å². The van der Waals surface area contributed by atoms with E-state index < -0.39 is 16.1 Å². The molecule has 0 radical (unpaired) electrons. The third-order valence-electron chi connectivity index (χ3n) is 3.95. The van der Waals surface area contributed by atoms with Crippen molar-refractivity contribution in [1.82, 2.24) is 4.72 Å². The fraction of sp³-hybridized carbons (Fsp3) is 0.235. The number of halogens is 1. The Labute approximate surface area is 151 Å². The smallest absolute Gasteiger partial charge is 0.240 e. The number of sulfonamides is 1. The highest BCUT2D eigenvalue weighted by molar-refractivity contribution is 7.89. The fourth-order valence-electron chi connectivity index (χ4n) is 2.70. The lowest BCUT2D eigenvalue weighted by atomic mass is 10.3. The van der Waals surface area contributed by atoms with E-state index in [2.05, 4.69) is 4.72 Å². The quantitative estimate of drug-likeness (QED) is 0.864. The van der Waals surface area contributed by atoms with Gasteiger partial charge in [0.15, 0.2) is 0 Å². The van der Waals surface area contributed by atoms with Crippen LogP contribution in [0.5, 0.6) is 5.75 Å². The molecule has 1 heterocycles. The first-order valence-corrected chi connectivity index (χ1v) is 9.47. The number of ether oxygens (including phenoxy) is 1. The Morgan fingerprint density at radius 3 is 2.36 bits per heavy atom. The minimum absolute atomic E-state index is 0.110. The van der Waals surface area contributed by atoms with Crippen molar-refractivity contribution in [2.75, 3.05) is 18.6 Å². The molecule has 1 aliphatic rings. The van der Waals surface area contributed by atoms with Crippen LogP contribution in [-0.4, -0.2) is 34.0 Å². The lowest BCUT2D eigenvalue weighted by Gasteiger charge is -2.17. The lowest BCUT2D eigenvalue weighted by molar-refractivity contribution is -0.117. The monoisotopic (exact) mass is 380 g/mol. The van der Waals surface area contributed by atoms with Crippen LogP contribution in [0.3, 0.4) is 0 Å². The molecule has 0 aliphatic carbocycles. The van der Waals surface area contributed by atoms with Crippen LogP contribution >= 0.6 is 11.6 Å². The van der Waals surface area contributed by atoms with Crippen molar-refractivity contribution >= 4 is 33.2 Å². The molecule has 1 amide bonds. The average Bonchev–Trinajstić information content (AvgIpc) is 2.95. The molecule has 3 rings (SSSR count). The Bertz CT molecular complexity index is 867. The van der Waals surface area contributed by atoms with Gasteiger partial charge in [-0.05, 0) is 48.5 Å². The molecule has 0 aromatic heterocycles. The number of methoxy groups -OCH3 is 1. The van der Waals surface area contributed by atoms with Crippen molar-refractivity contribution in [3.63, 3.8) is 0 Å². The maximum atomic E-state index is 12.4. The van der Waals surface area contributed by atoms with Gasteiger partial charge in [-0.15, -0.1) is 0 Å². The molecule has 1 N–H and O–H groups in total. The van der Waals surface area contributed by atoms with E-state index in [0.29, 0.717) is 16.5 Å². The molecule has 0 bridgehead atoms. The first kappa shape index (κ1) is 17.7. The number of hydrogen-bond donors (Lipinski definition) is 1. The Balaban J connectivity index is 1.72. The zero-order chi connectivity index (χ0) is 18.0. The average molecular weight is 381 g/mol. The van der Waals surface area contributed by atoms with Crippen molar-refractivity contribution < 1.29 is 17.9 Å². The molecule has 1 atom stereocenters. The van der Waals surface area contributed by atoms with Gasteiger partial charge < -0.3 is 9.64 Å².